The summed E-state index contributed by atoms with van der Waals surface area (Å²) in [7, 11) is -0.878. The topological polar surface area (TPSA) is 72.8 Å². The fourth-order valence-electron chi connectivity index (χ4n) is 3.39. The first-order valence-electron chi connectivity index (χ1n) is 9.47. The number of quaternary nitrogens is 1. The number of ether oxygens (including phenoxy) is 1. The molecule has 8 heteroatoms. The van der Waals surface area contributed by atoms with Gasteiger partial charge in [0.25, 0.3) is 0 Å². The van der Waals surface area contributed by atoms with E-state index in [1.807, 2.05) is 6.07 Å². The average molecular weight is 485 g/mol. The normalized spacial score (nSPS) is 19.8. The summed E-state index contributed by atoms with van der Waals surface area (Å²) in [6.45, 7) is 16.1. The van der Waals surface area contributed by atoms with E-state index < -0.39 is 30.4 Å². The molecular weight excluding hydrogens is 454 g/mol. The quantitative estimate of drug-likeness (QED) is 0.318. The second-order valence-corrected chi connectivity index (χ2v) is 15.3. The van der Waals surface area contributed by atoms with Crippen molar-refractivity contribution in [1.82, 2.24) is 4.48 Å². The lowest BCUT2D eigenvalue weighted by atomic mass is 9.99. The van der Waals surface area contributed by atoms with E-state index in [1.54, 1.807) is 32.9 Å². The standard InChI is InChI=1S/C21H30BrNO5Si/c1-20(2,3)23(19(25)26)15-12-13(28-29(8,9)21(4,5)6)10-11-14(15)16(22)17(23)18(24)27-7/h10-12H,1-9H3/p+1. The Morgan fingerprint density at radius 1 is 1.10 bits per heavy atom. The van der Waals surface area contributed by atoms with Gasteiger partial charge in [-0.15, -0.1) is 4.48 Å². The summed E-state index contributed by atoms with van der Waals surface area (Å²) >= 11 is 3.47. The maximum absolute atomic E-state index is 12.7. The molecule has 0 bridgehead atoms. The lowest BCUT2D eigenvalue weighted by molar-refractivity contribution is -0.138. The molecule has 1 aliphatic rings. The van der Waals surface area contributed by atoms with E-state index in [2.05, 4.69) is 49.8 Å². The monoisotopic (exact) mass is 484 g/mol. The molecule has 0 radical (unpaired) electrons. The summed E-state index contributed by atoms with van der Waals surface area (Å²) in [5.41, 5.74) is 0.306. The van der Waals surface area contributed by atoms with Gasteiger partial charge < -0.3 is 14.3 Å². The molecular formula is C21H31BrNO5Si+. The highest BCUT2D eigenvalue weighted by molar-refractivity contribution is 9.15. The molecule has 0 aliphatic carbocycles. The van der Waals surface area contributed by atoms with Crippen LogP contribution in [0, 0.1) is 0 Å². The zero-order chi connectivity index (χ0) is 22.6. The van der Waals surface area contributed by atoms with Gasteiger partial charge in [0.15, 0.2) is 5.69 Å². The number of benzene rings is 1. The van der Waals surface area contributed by atoms with E-state index in [4.69, 9.17) is 9.16 Å². The van der Waals surface area contributed by atoms with Crippen molar-refractivity contribution in [1.29, 1.82) is 0 Å². The first kappa shape index (κ1) is 23.6. The van der Waals surface area contributed by atoms with E-state index >= 15 is 0 Å². The number of methoxy groups -OCH3 is 1. The van der Waals surface area contributed by atoms with Gasteiger partial charge in [-0.25, -0.2) is 4.79 Å². The molecule has 0 saturated carbocycles. The Balaban J connectivity index is 2.80. The Morgan fingerprint density at radius 3 is 2.07 bits per heavy atom. The third-order valence-corrected chi connectivity index (χ3v) is 11.1. The number of hydrogen-bond acceptors (Lipinski definition) is 4. The van der Waals surface area contributed by atoms with Crippen molar-refractivity contribution in [2.24, 2.45) is 0 Å². The number of nitrogens with zero attached hydrogens (tertiary/aromatic N) is 1. The van der Waals surface area contributed by atoms with Crippen LogP contribution in [0.3, 0.4) is 0 Å². The van der Waals surface area contributed by atoms with E-state index in [9.17, 15) is 14.7 Å². The minimum absolute atomic E-state index is 0.00913. The van der Waals surface area contributed by atoms with Gasteiger partial charge >= 0.3 is 12.1 Å². The molecule has 1 aromatic carbocycles. The molecule has 1 aromatic rings. The van der Waals surface area contributed by atoms with Crippen LogP contribution < -0.4 is 8.91 Å². The molecule has 2 rings (SSSR count). The third-order valence-electron chi connectivity index (χ3n) is 5.96. The Bertz CT molecular complexity index is 895. The molecule has 6 nitrogen and oxygen atoms in total. The van der Waals surface area contributed by atoms with E-state index in [-0.39, 0.29) is 10.7 Å². The number of carboxylic acid groups (broad SMARTS) is 1. The fourth-order valence-corrected chi connectivity index (χ4v) is 5.17. The van der Waals surface area contributed by atoms with Gasteiger partial charge in [-0.2, -0.15) is 4.79 Å². The summed E-state index contributed by atoms with van der Waals surface area (Å²) in [5.74, 6) is -0.0768. The van der Waals surface area contributed by atoms with Crippen LogP contribution in [0.5, 0.6) is 5.75 Å². The first-order chi connectivity index (χ1) is 13.0. The lowest BCUT2D eigenvalue weighted by Crippen LogP contribution is -2.64. The SMILES string of the molecule is COC(=O)C1=C(Br)c2ccc(O[Si](C)(C)C(C)(C)C)cc2[N+]1(C(=O)O)C(C)(C)C. The molecule has 1 heterocycles. The summed E-state index contributed by atoms with van der Waals surface area (Å²) in [5, 5.41) is 10.4. The lowest BCUT2D eigenvalue weighted by Gasteiger charge is -2.41. The smallest absolute Gasteiger partial charge is 0.524 e. The predicted octanol–water partition coefficient (Wildman–Crippen LogP) is 6.10. The van der Waals surface area contributed by atoms with Crippen molar-refractivity contribution < 1.29 is 23.9 Å². The number of halogens is 1. The second-order valence-electron chi connectivity index (χ2n) is 9.82. The number of amides is 1. The van der Waals surface area contributed by atoms with Crippen molar-refractivity contribution in [3.63, 3.8) is 0 Å². The van der Waals surface area contributed by atoms with Gasteiger partial charge in [-0.05, 0) is 67.0 Å². The van der Waals surface area contributed by atoms with Gasteiger partial charge in [0, 0.05) is 6.07 Å². The van der Waals surface area contributed by atoms with Gasteiger partial charge in [0.2, 0.25) is 14.0 Å². The maximum Gasteiger partial charge on any atom is 0.524 e. The van der Waals surface area contributed by atoms with Crippen LogP contribution >= 0.6 is 15.9 Å². The molecule has 0 aromatic heterocycles. The van der Waals surface area contributed by atoms with E-state index in [0.29, 0.717) is 21.5 Å². The number of fused-ring (bicyclic) bond motifs is 1. The molecule has 1 N–H and O–H groups in total. The highest BCUT2D eigenvalue weighted by Crippen LogP contribution is 2.54. The van der Waals surface area contributed by atoms with Gasteiger partial charge in [0.1, 0.15) is 15.8 Å². The molecule has 1 unspecified atom stereocenters. The molecule has 1 aliphatic heterocycles. The van der Waals surface area contributed by atoms with Crippen molar-refractivity contribution >= 4 is 46.5 Å². The predicted molar refractivity (Wildman–Crippen MR) is 122 cm³/mol. The maximum atomic E-state index is 12.7. The van der Waals surface area contributed by atoms with Crippen LogP contribution in [-0.4, -0.2) is 38.1 Å². The number of rotatable bonds is 3. The fraction of sp³-hybridized carbons (Fsp3) is 0.524. The Hall–Kier alpha value is -1.64. The second kappa shape index (κ2) is 7.25. The van der Waals surface area contributed by atoms with Crippen molar-refractivity contribution in [3.05, 3.63) is 29.5 Å². The largest absolute Gasteiger partial charge is 0.543 e. The van der Waals surface area contributed by atoms with Crippen LogP contribution in [-0.2, 0) is 9.53 Å². The minimum atomic E-state index is -2.13. The van der Waals surface area contributed by atoms with Crippen LogP contribution in [0.2, 0.25) is 18.1 Å². The van der Waals surface area contributed by atoms with Crippen LogP contribution in [0.15, 0.2) is 23.9 Å². The molecule has 0 spiro atoms. The summed E-state index contributed by atoms with van der Waals surface area (Å²) in [4.78, 5) is 25.4. The summed E-state index contributed by atoms with van der Waals surface area (Å²) in [6.07, 6.45) is -1.15. The molecule has 1 atom stereocenters. The molecule has 0 fully saturated rings. The Kier molecular flexibility index (Phi) is 5.91. The van der Waals surface area contributed by atoms with Crippen molar-refractivity contribution in [2.45, 2.75) is 65.2 Å². The average Bonchev–Trinajstić information content (AvgIpc) is 2.82. The van der Waals surface area contributed by atoms with Crippen LogP contribution in [0.25, 0.3) is 4.48 Å². The van der Waals surface area contributed by atoms with Gasteiger partial charge in [-0.1, -0.05) is 20.8 Å². The molecule has 29 heavy (non-hydrogen) atoms. The highest BCUT2D eigenvalue weighted by atomic mass is 79.9. The summed E-state index contributed by atoms with van der Waals surface area (Å²) < 4.78 is 11.1. The van der Waals surface area contributed by atoms with Crippen LogP contribution in [0.4, 0.5) is 10.5 Å². The van der Waals surface area contributed by atoms with Gasteiger partial charge in [-0.3, -0.25) is 0 Å². The number of carbonyl (C=O) groups is 2. The van der Waals surface area contributed by atoms with E-state index in [1.165, 1.54) is 7.11 Å². The first-order valence-corrected chi connectivity index (χ1v) is 13.2. The zero-order valence-corrected chi connectivity index (χ0v) is 21.2. The highest BCUT2D eigenvalue weighted by Gasteiger charge is 2.62. The number of carbonyl (C=O) groups excluding carboxylic acids is 1. The third kappa shape index (κ3) is 3.55. The van der Waals surface area contributed by atoms with Crippen LogP contribution in [0.1, 0.15) is 47.1 Å². The number of esters is 1. The van der Waals surface area contributed by atoms with Gasteiger partial charge in [0.05, 0.1) is 12.7 Å². The summed E-state index contributed by atoms with van der Waals surface area (Å²) in [6, 6.07) is 5.39. The molecule has 160 valence electrons. The Labute approximate surface area is 182 Å². The molecule has 0 saturated heterocycles. The van der Waals surface area contributed by atoms with Crippen molar-refractivity contribution in [3.8, 4) is 5.75 Å². The number of hydrogen-bond donors (Lipinski definition) is 1. The zero-order valence-electron chi connectivity index (χ0n) is 18.6. The Morgan fingerprint density at radius 2 is 1.66 bits per heavy atom. The van der Waals surface area contributed by atoms with Crippen molar-refractivity contribution in [2.75, 3.05) is 7.11 Å². The minimum Gasteiger partial charge on any atom is -0.543 e. The van der Waals surface area contributed by atoms with E-state index in [0.717, 1.165) is 0 Å². The molecule has 1 amide bonds.